The van der Waals surface area contributed by atoms with Gasteiger partial charge in [-0.2, -0.15) is 13.2 Å². The molecule has 4 aromatic carbocycles. The molecular formula is C40H44F3N3O5. The Bertz CT molecular complexity index is 1820. The number of aliphatic hydroxyl groups is 1. The maximum atomic E-state index is 13.0. The van der Waals surface area contributed by atoms with Crippen molar-refractivity contribution in [3.63, 3.8) is 0 Å². The van der Waals surface area contributed by atoms with Crippen molar-refractivity contribution in [2.24, 2.45) is 5.92 Å². The van der Waals surface area contributed by atoms with E-state index in [0.717, 1.165) is 22.3 Å². The predicted octanol–water partition coefficient (Wildman–Crippen LogP) is 6.99. The molecule has 51 heavy (non-hydrogen) atoms. The number of carbonyl (C=O) groups is 2. The molecule has 8 nitrogen and oxygen atoms in total. The largest absolute Gasteiger partial charge is 0.471 e. The van der Waals surface area contributed by atoms with Gasteiger partial charge in [0.1, 0.15) is 6.04 Å². The predicted molar refractivity (Wildman–Crippen MR) is 187 cm³/mol. The van der Waals surface area contributed by atoms with Gasteiger partial charge in [0.25, 0.3) is 0 Å². The molecule has 0 unspecified atom stereocenters. The van der Waals surface area contributed by atoms with Gasteiger partial charge in [-0.3, -0.25) is 14.5 Å². The minimum atomic E-state index is -5.02. The highest BCUT2D eigenvalue weighted by molar-refractivity contribution is 5.90. The summed E-state index contributed by atoms with van der Waals surface area (Å²) in [4.78, 5) is 27.5. The molecule has 270 valence electrons. The molecule has 2 heterocycles. The Labute approximate surface area is 296 Å². The maximum Gasteiger partial charge on any atom is 0.471 e. The molecule has 2 N–H and O–H groups in total. The standard InChI is InChI=1S/C40H44F3N3O5/c1-25-35(23-45(3)26(2)32-19-18-29-7-4-5-8-33(29)21-32)50-38(51-36(25)30-14-12-28(24-47)13-15-30)31-16-10-27(11-17-31)22-44-37(48)34-9-6-20-46(34)39(49)40(41,42)43/h4-5,7-8,10-19,21,25-26,34-36,38,47H,6,9,20,22-24H2,1-3H3,(H,44,48)/t25-,26+,34-,35+,36+,38+/m0/s1. The van der Waals surface area contributed by atoms with Crippen molar-refractivity contribution in [1.29, 1.82) is 0 Å². The van der Waals surface area contributed by atoms with Gasteiger partial charge in [0.05, 0.1) is 18.8 Å². The Morgan fingerprint density at radius 2 is 1.61 bits per heavy atom. The molecule has 0 radical (unpaired) electrons. The second-order valence-corrected chi connectivity index (χ2v) is 13.7. The summed E-state index contributed by atoms with van der Waals surface area (Å²) in [5.41, 5.74) is 4.51. The van der Waals surface area contributed by atoms with E-state index in [2.05, 4.69) is 61.4 Å². The molecule has 2 saturated heterocycles. The first-order chi connectivity index (χ1) is 24.4. The zero-order valence-electron chi connectivity index (χ0n) is 29.0. The normalized spacial score (nSPS) is 23.1. The smallest absolute Gasteiger partial charge is 0.392 e. The van der Waals surface area contributed by atoms with E-state index in [0.29, 0.717) is 17.9 Å². The van der Waals surface area contributed by atoms with Crippen molar-refractivity contribution >= 4 is 22.6 Å². The van der Waals surface area contributed by atoms with Crippen LogP contribution in [0.5, 0.6) is 0 Å². The average molecular weight is 704 g/mol. The van der Waals surface area contributed by atoms with Crippen LogP contribution < -0.4 is 5.32 Å². The highest BCUT2D eigenvalue weighted by Gasteiger charge is 2.47. The summed E-state index contributed by atoms with van der Waals surface area (Å²) in [5, 5.41) is 14.7. The molecule has 4 aromatic rings. The third-order valence-corrected chi connectivity index (χ3v) is 10.3. The second-order valence-electron chi connectivity index (χ2n) is 13.7. The van der Waals surface area contributed by atoms with E-state index in [4.69, 9.17) is 9.47 Å². The third-order valence-electron chi connectivity index (χ3n) is 10.3. The van der Waals surface area contributed by atoms with Crippen LogP contribution in [0.2, 0.25) is 0 Å². The van der Waals surface area contributed by atoms with Crippen molar-refractivity contribution in [1.82, 2.24) is 15.1 Å². The SMILES string of the molecule is C[C@H]1[C@@H](CN(C)[C@H](C)c2ccc3ccccc3c2)O[C@@H](c2ccc(CNC(=O)[C@@H]3CCCN3C(=O)C(F)(F)F)cc2)O[C@H]1c1ccc(CO)cc1. The van der Waals surface area contributed by atoms with Crippen molar-refractivity contribution in [3.05, 3.63) is 119 Å². The number of rotatable bonds is 10. The van der Waals surface area contributed by atoms with Crippen molar-refractivity contribution in [2.45, 2.75) is 76.6 Å². The minimum Gasteiger partial charge on any atom is -0.392 e. The Morgan fingerprint density at radius 1 is 0.941 bits per heavy atom. The van der Waals surface area contributed by atoms with E-state index in [1.807, 2.05) is 60.7 Å². The molecule has 6 atom stereocenters. The Balaban J connectivity index is 1.16. The van der Waals surface area contributed by atoms with Crippen LogP contribution in [0.1, 0.15) is 72.9 Å². The molecule has 0 aliphatic carbocycles. The number of halogens is 3. The van der Waals surface area contributed by atoms with Gasteiger partial charge in [-0.15, -0.1) is 0 Å². The Kier molecular flexibility index (Phi) is 11.1. The van der Waals surface area contributed by atoms with E-state index >= 15 is 0 Å². The number of nitrogens with zero attached hydrogens (tertiary/aromatic N) is 2. The fourth-order valence-corrected chi connectivity index (χ4v) is 7.04. The number of nitrogens with one attached hydrogen (secondary N) is 1. The third kappa shape index (κ3) is 8.28. The zero-order chi connectivity index (χ0) is 36.3. The molecule has 2 aliphatic rings. The summed E-state index contributed by atoms with van der Waals surface area (Å²) >= 11 is 0. The zero-order valence-corrected chi connectivity index (χ0v) is 29.0. The number of amides is 2. The highest BCUT2D eigenvalue weighted by Crippen LogP contribution is 2.42. The van der Waals surface area contributed by atoms with Crippen molar-refractivity contribution in [2.75, 3.05) is 20.1 Å². The number of hydrogen-bond donors (Lipinski definition) is 2. The number of carbonyl (C=O) groups excluding carboxylic acids is 2. The number of hydrogen-bond acceptors (Lipinski definition) is 6. The molecule has 2 fully saturated rings. The van der Waals surface area contributed by atoms with E-state index in [9.17, 15) is 27.9 Å². The van der Waals surface area contributed by atoms with Crippen LogP contribution in [-0.4, -0.2) is 65.2 Å². The van der Waals surface area contributed by atoms with Crippen LogP contribution in [0.25, 0.3) is 10.8 Å². The van der Waals surface area contributed by atoms with Gasteiger partial charge < -0.3 is 24.8 Å². The van der Waals surface area contributed by atoms with Gasteiger partial charge in [-0.25, -0.2) is 0 Å². The van der Waals surface area contributed by atoms with Gasteiger partial charge in [-0.1, -0.05) is 91.9 Å². The molecular weight excluding hydrogens is 659 g/mol. The first-order valence-electron chi connectivity index (χ1n) is 17.4. The van der Waals surface area contributed by atoms with Crippen LogP contribution in [0.3, 0.4) is 0 Å². The van der Waals surface area contributed by atoms with Crippen LogP contribution in [-0.2, 0) is 32.2 Å². The number of benzene rings is 4. The first kappa shape index (κ1) is 36.5. The van der Waals surface area contributed by atoms with E-state index in [-0.39, 0.29) is 50.3 Å². The van der Waals surface area contributed by atoms with Crippen LogP contribution >= 0.6 is 0 Å². The van der Waals surface area contributed by atoms with Crippen molar-refractivity contribution < 1.29 is 37.3 Å². The summed E-state index contributed by atoms with van der Waals surface area (Å²) in [7, 11) is 2.10. The topological polar surface area (TPSA) is 91.3 Å². The molecule has 0 spiro atoms. The van der Waals surface area contributed by atoms with Gasteiger partial charge >= 0.3 is 12.1 Å². The first-order valence-corrected chi connectivity index (χ1v) is 17.4. The fraction of sp³-hybridized carbons (Fsp3) is 0.400. The molecule has 0 saturated carbocycles. The van der Waals surface area contributed by atoms with Gasteiger partial charge in [0.2, 0.25) is 5.91 Å². The minimum absolute atomic E-state index is 0.0126. The fourth-order valence-electron chi connectivity index (χ4n) is 7.04. The number of aliphatic hydroxyl groups excluding tert-OH is 1. The lowest BCUT2D eigenvalue weighted by Crippen LogP contribution is -2.50. The average Bonchev–Trinajstić information content (AvgIpc) is 3.64. The summed E-state index contributed by atoms with van der Waals surface area (Å²) < 4.78 is 52.4. The number of likely N-dealkylation sites (N-methyl/N-ethyl adjacent to an activating group) is 1. The van der Waals surface area contributed by atoms with Gasteiger partial charge in [0.15, 0.2) is 6.29 Å². The van der Waals surface area contributed by atoms with E-state index < -0.39 is 30.3 Å². The van der Waals surface area contributed by atoms with E-state index in [1.165, 1.54) is 16.3 Å². The van der Waals surface area contributed by atoms with Crippen LogP contribution in [0, 0.1) is 5.92 Å². The molecule has 6 rings (SSSR count). The summed E-state index contributed by atoms with van der Waals surface area (Å²) in [6.07, 6.45) is -5.69. The number of ether oxygens (including phenoxy) is 2. The summed E-state index contributed by atoms with van der Waals surface area (Å²) in [6.45, 7) is 4.89. The van der Waals surface area contributed by atoms with Gasteiger partial charge in [-0.05, 0) is 65.9 Å². The lowest BCUT2D eigenvalue weighted by molar-refractivity contribution is -0.276. The van der Waals surface area contributed by atoms with E-state index in [1.54, 1.807) is 0 Å². The number of alkyl halides is 3. The Morgan fingerprint density at radius 3 is 2.29 bits per heavy atom. The summed E-state index contributed by atoms with van der Waals surface area (Å²) in [5.74, 6) is -2.61. The number of likely N-dealkylation sites (tertiary alicyclic amines) is 1. The van der Waals surface area contributed by atoms with Crippen LogP contribution in [0.4, 0.5) is 13.2 Å². The summed E-state index contributed by atoms with van der Waals surface area (Å²) in [6, 6.07) is 28.9. The molecule has 0 bridgehead atoms. The molecule has 2 aliphatic heterocycles. The lowest BCUT2D eigenvalue weighted by Gasteiger charge is -2.43. The lowest BCUT2D eigenvalue weighted by atomic mass is 9.89. The molecule has 0 aromatic heterocycles. The second kappa shape index (κ2) is 15.5. The molecule has 2 amide bonds. The van der Waals surface area contributed by atoms with Crippen LogP contribution in [0.15, 0.2) is 91.0 Å². The Hall–Kier alpha value is -4.29. The van der Waals surface area contributed by atoms with Crippen molar-refractivity contribution in [3.8, 4) is 0 Å². The highest BCUT2D eigenvalue weighted by atomic mass is 19.4. The maximum absolute atomic E-state index is 13.0. The monoisotopic (exact) mass is 703 g/mol. The number of fused-ring (bicyclic) bond motifs is 1. The quantitative estimate of drug-likeness (QED) is 0.185. The van der Waals surface area contributed by atoms with Gasteiger partial charge in [0, 0.05) is 37.2 Å². The molecule has 11 heteroatoms.